The van der Waals surface area contributed by atoms with Gasteiger partial charge in [0.05, 0.1) is 24.6 Å². The van der Waals surface area contributed by atoms with Crippen molar-refractivity contribution in [3.05, 3.63) is 47.5 Å². The normalized spacial score (nSPS) is 23.6. The van der Waals surface area contributed by atoms with Gasteiger partial charge in [0.1, 0.15) is 5.75 Å². The molecule has 4 rings (SSSR count). The molecule has 0 radical (unpaired) electrons. The molecule has 0 saturated carbocycles. The molecule has 0 amide bonds. The fourth-order valence-corrected chi connectivity index (χ4v) is 3.68. The predicted octanol–water partition coefficient (Wildman–Crippen LogP) is 2.62. The first kappa shape index (κ1) is 11.5. The molecule has 0 fully saturated rings. The van der Waals surface area contributed by atoms with Crippen molar-refractivity contribution in [1.82, 2.24) is 9.55 Å². The van der Waals surface area contributed by atoms with Crippen LogP contribution in [-0.2, 0) is 12.0 Å². The summed E-state index contributed by atoms with van der Waals surface area (Å²) >= 11 is 0. The monoisotopic (exact) mass is 265 g/mol. The summed E-state index contributed by atoms with van der Waals surface area (Å²) in [6.45, 7) is 1.75. The Hall–Kier alpha value is -2.28. The van der Waals surface area contributed by atoms with Crippen molar-refractivity contribution in [2.45, 2.75) is 31.2 Å². The number of benzene rings is 1. The van der Waals surface area contributed by atoms with E-state index in [1.807, 2.05) is 24.7 Å². The number of nitrogens with zero attached hydrogens (tertiary/aromatic N) is 3. The Morgan fingerprint density at radius 3 is 3.20 bits per heavy atom. The second-order valence-corrected chi connectivity index (χ2v) is 5.58. The van der Waals surface area contributed by atoms with Gasteiger partial charge in [-0.3, -0.25) is 0 Å². The van der Waals surface area contributed by atoms with E-state index in [-0.39, 0.29) is 5.41 Å². The van der Waals surface area contributed by atoms with E-state index in [0.29, 0.717) is 12.2 Å². The van der Waals surface area contributed by atoms with E-state index in [9.17, 15) is 0 Å². The minimum Gasteiger partial charge on any atom is -0.493 e. The van der Waals surface area contributed by atoms with Crippen molar-refractivity contribution in [1.29, 1.82) is 5.26 Å². The van der Waals surface area contributed by atoms with E-state index >= 15 is 0 Å². The number of aryl methyl sites for hydroxylation is 1. The molecule has 20 heavy (non-hydrogen) atoms. The highest BCUT2D eigenvalue weighted by atomic mass is 16.5. The summed E-state index contributed by atoms with van der Waals surface area (Å²) in [7, 11) is 0. The topological polar surface area (TPSA) is 50.8 Å². The zero-order chi connectivity index (χ0) is 13.6. The molecule has 1 aromatic heterocycles. The van der Waals surface area contributed by atoms with Crippen molar-refractivity contribution < 1.29 is 4.74 Å². The molecule has 0 N–H and O–H groups in total. The zero-order valence-electron chi connectivity index (χ0n) is 11.2. The van der Waals surface area contributed by atoms with Crippen LogP contribution < -0.4 is 4.74 Å². The maximum atomic E-state index is 9.05. The quantitative estimate of drug-likeness (QED) is 0.735. The van der Waals surface area contributed by atoms with E-state index in [0.717, 1.165) is 31.6 Å². The van der Waals surface area contributed by atoms with E-state index in [2.05, 4.69) is 21.7 Å². The molecule has 0 aliphatic carbocycles. The molecule has 4 nitrogen and oxygen atoms in total. The van der Waals surface area contributed by atoms with Crippen LogP contribution in [0.25, 0.3) is 0 Å². The van der Waals surface area contributed by atoms with Crippen LogP contribution in [0.5, 0.6) is 5.75 Å². The first-order valence-electron chi connectivity index (χ1n) is 7.01. The Balaban J connectivity index is 1.94. The summed E-state index contributed by atoms with van der Waals surface area (Å²) in [4.78, 5) is 4.33. The zero-order valence-corrected chi connectivity index (χ0v) is 11.2. The smallest absolute Gasteiger partial charge is 0.124 e. The van der Waals surface area contributed by atoms with Crippen molar-refractivity contribution in [2.75, 3.05) is 6.61 Å². The van der Waals surface area contributed by atoms with Crippen LogP contribution in [0.3, 0.4) is 0 Å². The second kappa shape index (κ2) is 4.11. The molecule has 2 aromatic rings. The van der Waals surface area contributed by atoms with Crippen LogP contribution in [-0.4, -0.2) is 16.2 Å². The van der Waals surface area contributed by atoms with Crippen LogP contribution in [0.1, 0.15) is 36.1 Å². The van der Waals surface area contributed by atoms with Gasteiger partial charge in [-0.15, -0.1) is 0 Å². The molecule has 2 aliphatic heterocycles. The molecular weight excluding hydrogens is 250 g/mol. The van der Waals surface area contributed by atoms with Gasteiger partial charge >= 0.3 is 0 Å². The standard InChI is InChI=1S/C16H15N3O/c17-9-12-2-3-13-14(8-12)20-7-5-16(13)4-1-6-19-11-18-10-15(16)19/h2-3,8,10-11H,1,4-7H2. The average molecular weight is 265 g/mol. The fraction of sp³-hybridized carbons (Fsp3) is 0.375. The molecule has 0 bridgehead atoms. The second-order valence-electron chi connectivity index (χ2n) is 5.58. The fourth-order valence-electron chi connectivity index (χ4n) is 3.68. The first-order valence-corrected chi connectivity index (χ1v) is 7.01. The summed E-state index contributed by atoms with van der Waals surface area (Å²) in [5.41, 5.74) is 3.17. The van der Waals surface area contributed by atoms with Crippen LogP contribution in [0.15, 0.2) is 30.7 Å². The van der Waals surface area contributed by atoms with E-state index in [1.165, 1.54) is 11.3 Å². The Morgan fingerprint density at radius 2 is 2.30 bits per heavy atom. The van der Waals surface area contributed by atoms with Crippen molar-refractivity contribution in [2.24, 2.45) is 0 Å². The number of fused-ring (bicyclic) bond motifs is 4. The van der Waals surface area contributed by atoms with Gasteiger partial charge in [0, 0.05) is 29.4 Å². The summed E-state index contributed by atoms with van der Waals surface area (Å²) < 4.78 is 8.07. The number of imidazole rings is 1. The molecule has 3 heterocycles. The molecule has 100 valence electrons. The molecule has 1 unspecified atom stereocenters. The lowest BCUT2D eigenvalue weighted by atomic mass is 9.69. The van der Waals surface area contributed by atoms with E-state index in [4.69, 9.17) is 10.00 Å². The summed E-state index contributed by atoms with van der Waals surface area (Å²) in [6.07, 6.45) is 7.18. The molecule has 0 saturated heterocycles. The summed E-state index contributed by atoms with van der Waals surface area (Å²) in [5.74, 6) is 0.866. The number of hydrogen-bond donors (Lipinski definition) is 0. The molecule has 4 heteroatoms. The Morgan fingerprint density at radius 1 is 1.35 bits per heavy atom. The van der Waals surface area contributed by atoms with Crippen molar-refractivity contribution >= 4 is 0 Å². The van der Waals surface area contributed by atoms with Crippen LogP contribution in [0.4, 0.5) is 0 Å². The number of aromatic nitrogens is 2. The highest BCUT2D eigenvalue weighted by molar-refractivity contribution is 5.51. The van der Waals surface area contributed by atoms with E-state index < -0.39 is 0 Å². The lowest BCUT2D eigenvalue weighted by Crippen LogP contribution is -2.39. The molecule has 1 atom stereocenters. The number of ether oxygens (including phenoxy) is 1. The maximum absolute atomic E-state index is 9.05. The SMILES string of the molecule is N#Cc1ccc2c(c1)OCCC21CCCn2cncc21. The Labute approximate surface area is 117 Å². The molecule has 2 aliphatic rings. The van der Waals surface area contributed by atoms with Crippen LogP contribution >= 0.6 is 0 Å². The van der Waals surface area contributed by atoms with Gasteiger partial charge in [-0.2, -0.15) is 5.26 Å². The van der Waals surface area contributed by atoms with Crippen molar-refractivity contribution in [3.8, 4) is 11.8 Å². The lowest BCUT2D eigenvalue weighted by Gasteiger charge is -2.42. The van der Waals surface area contributed by atoms with Gasteiger partial charge in [-0.25, -0.2) is 4.98 Å². The summed E-state index contributed by atoms with van der Waals surface area (Å²) in [5, 5.41) is 9.05. The number of nitriles is 1. The third-order valence-electron chi connectivity index (χ3n) is 4.62. The third kappa shape index (κ3) is 1.44. The minimum absolute atomic E-state index is 0.0102. The van der Waals surface area contributed by atoms with Gasteiger partial charge in [0.15, 0.2) is 0 Å². The van der Waals surface area contributed by atoms with Gasteiger partial charge in [0.25, 0.3) is 0 Å². The van der Waals surface area contributed by atoms with Crippen molar-refractivity contribution in [3.63, 3.8) is 0 Å². The number of rotatable bonds is 0. The maximum Gasteiger partial charge on any atom is 0.124 e. The average Bonchev–Trinajstić information content (AvgIpc) is 2.97. The Bertz CT molecular complexity index is 709. The van der Waals surface area contributed by atoms with Gasteiger partial charge in [-0.1, -0.05) is 6.07 Å². The van der Waals surface area contributed by atoms with Crippen LogP contribution in [0.2, 0.25) is 0 Å². The Kier molecular flexibility index (Phi) is 2.37. The van der Waals surface area contributed by atoms with Gasteiger partial charge < -0.3 is 9.30 Å². The summed E-state index contributed by atoms with van der Waals surface area (Å²) in [6, 6.07) is 8.01. The highest BCUT2D eigenvalue weighted by Crippen LogP contribution is 2.48. The van der Waals surface area contributed by atoms with Gasteiger partial charge in [-0.05, 0) is 31.4 Å². The molecular formula is C16H15N3O. The van der Waals surface area contributed by atoms with E-state index in [1.54, 1.807) is 0 Å². The molecule has 1 aromatic carbocycles. The van der Waals surface area contributed by atoms with Crippen LogP contribution in [0, 0.1) is 11.3 Å². The highest BCUT2D eigenvalue weighted by Gasteiger charge is 2.43. The minimum atomic E-state index is 0.0102. The predicted molar refractivity (Wildman–Crippen MR) is 73.5 cm³/mol. The molecule has 1 spiro atoms. The largest absolute Gasteiger partial charge is 0.493 e. The first-order chi connectivity index (χ1) is 9.83. The lowest BCUT2D eigenvalue weighted by molar-refractivity contribution is 0.208. The van der Waals surface area contributed by atoms with Gasteiger partial charge in [0.2, 0.25) is 0 Å². The third-order valence-corrected chi connectivity index (χ3v) is 4.62. The number of hydrogen-bond acceptors (Lipinski definition) is 3.